The van der Waals surface area contributed by atoms with Crippen LogP contribution in [0.5, 0.6) is 5.75 Å². The van der Waals surface area contributed by atoms with Crippen LogP contribution >= 0.6 is 12.4 Å². The van der Waals surface area contributed by atoms with Gasteiger partial charge >= 0.3 is 0 Å². The van der Waals surface area contributed by atoms with Crippen LogP contribution in [-0.4, -0.2) is 43.6 Å². The summed E-state index contributed by atoms with van der Waals surface area (Å²) in [5, 5.41) is 3.16. The third-order valence-electron chi connectivity index (χ3n) is 4.79. The molecule has 0 spiro atoms. The van der Waals surface area contributed by atoms with Gasteiger partial charge in [0.15, 0.2) is 0 Å². The lowest BCUT2D eigenvalue weighted by Gasteiger charge is -2.27. The molecule has 0 radical (unpaired) electrons. The van der Waals surface area contributed by atoms with Crippen LogP contribution in [0, 0.1) is 5.41 Å². The van der Waals surface area contributed by atoms with Gasteiger partial charge in [0, 0.05) is 18.5 Å². The number of rotatable bonds is 4. The van der Waals surface area contributed by atoms with Gasteiger partial charge in [0.25, 0.3) is 0 Å². The molecular weight excluding hydrogens is 314 g/mol. The van der Waals surface area contributed by atoms with E-state index < -0.39 is 0 Å². The number of likely N-dealkylation sites (tertiary alicyclic amines) is 1. The molecule has 2 atom stereocenters. The molecule has 0 aliphatic carbocycles. The molecule has 23 heavy (non-hydrogen) atoms. The van der Waals surface area contributed by atoms with Crippen molar-refractivity contribution >= 4 is 18.3 Å². The summed E-state index contributed by atoms with van der Waals surface area (Å²) < 4.78 is 5.63. The maximum absolute atomic E-state index is 12.4. The standard InChI is InChI=1S/C17H25N3O2.ClH/c1-17(11-18)7-8-20(12-17)10-16(21)19-14-6-9-22-15-5-3-2-4-13(14)15;/h2-5,14H,6-12,18H2,1H3,(H,19,21);1H. The summed E-state index contributed by atoms with van der Waals surface area (Å²) in [4.78, 5) is 14.6. The zero-order valence-corrected chi connectivity index (χ0v) is 14.4. The number of carbonyl (C=O) groups is 1. The van der Waals surface area contributed by atoms with Gasteiger partial charge < -0.3 is 15.8 Å². The first-order valence-corrected chi connectivity index (χ1v) is 8.03. The van der Waals surface area contributed by atoms with Crippen molar-refractivity contribution in [1.29, 1.82) is 0 Å². The quantitative estimate of drug-likeness (QED) is 0.876. The number of amides is 1. The lowest BCUT2D eigenvalue weighted by atomic mass is 9.90. The fourth-order valence-electron chi connectivity index (χ4n) is 3.36. The summed E-state index contributed by atoms with van der Waals surface area (Å²) in [6.45, 7) is 5.83. The summed E-state index contributed by atoms with van der Waals surface area (Å²) >= 11 is 0. The van der Waals surface area contributed by atoms with E-state index in [-0.39, 0.29) is 29.8 Å². The lowest BCUT2D eigenvalue weighted by molar-refractivity contribution is -0.123. The molecule has 1 fully saturated rings. The molecule has 2 heterocycles. The predicted octanol–water partition coefficient (Wildman–Crippen LogP) is 1.72. The smallest absolute Gasteiger partial charge is 0.234 e. The van der Waals surface area contributed by atoms with Crippen LogP contribution in [0.1, 0.15) is 31.4 Å². The molecule has 1 aromatic rings. The van der Waals surface area contributed by atoms with Crippen molar-refractivity contribution in [3.63, 3.8) is 0 Å². The van der Waals surface area contributed by atoms with Crippen LogP contribution in [0.4, 0.5) is 0 Å². The molecule has 5 nitrogen and oxygen atoms in total. The number of benzene rings is 1. The third-order valence-corrected chi connectivity index (χ3v) is 4.79. The molecule has 1 saturated heterocycles. The van der Waals surface area contributed by atoms with E-state index in [0.717, 1.165) is 37.2 Å². The van der Waals surface area contributed by atoms with Gasteiger partial charge in [-0.05, 0) is 31.0 Å². The second-order valence-corrected chi connectivity index (χ2v) is 6.77. The SMILES string of the molecule is CC1(CN)CCN(CC(=O)NC2CCOc3ccccc32)C1.Cl. The highest BCUT2D eigenvalue weighted by Gasteiger charge is 2.33. The minimum absolute atomic E-state index is 0. The number of halogens is 1. The van der Waals surface area contributed by atoms with Crippen molar-refractivity contribution in [1.82, 2.24) is 10.2 Å². The Kier molecular flexibility index (Phi) is 5.89. The largest absolute Gasteiger partial charge is 0.493 e. The highest BCUT2D eigenvalue weighted by molar-refractivity contribution is 5.85. The van der Waals surface area contributed by atoms with Gasteiger partial charge in [0.1, 0.15) is 5.75 Å². The average molecular weight is 340 g/mol. The van der Waals surface area contributed by atoms with Crippen LogP contribution in [0.3, 0.4) is 0 Å². The second kappa shape index (κ2) is 7.51. The van der Waals surface area contributed by atoms with Crippen LogP contribution in [0.15, 0.2) is 24.3 Å². The Morgan fingerprint density at radius 2 is 2.26 bits per heavy atom. The molecule has 1 amide bonds. The Hall–Kier alpha value is -1.30. The van der Waals surface area contributed by atoms with Crippen molar-refractivity contribution in [3.05, 3.63) is 29.8 Å². The minimum Gasteiger partial charge on any atom is -0.493 e. The number of ether oxygens (including phenoxy) is 1. The van der Waals surface area contributed by atoms with Crippen LogP contribution in [0.25, 0.3) is 0 Å². The Morgan fingerprint density at radius 1 is 1.48 bits per heavy atom. The molecular formula is C17H26ClN3O2. The minimum atomic E-state index is 0. The molecule has 6 heteroatoms. The van der Waals surface area contributed by atoms with Gasteiger partial charge in [-0.25, -0.2) is 0 Å². The normalized spacial score (nSPS) is 26.8. The topological polar surface area (TPSA) is 67.6 Å². The number of hydrogen-bond donors (Lipinski definition) is 2. The van der Waals surface area contributed by atoms with Gasteiger partial charge in [0.2, 0.25) is 5.91 Å². The number of carbonyl (C=O) groups excluding carboxylic acids is 1. The molecule has 3 rings (SSSR count). The fourth-order valence-corrected chi connectivity index (χ4v) is 3.36. The Morgan fingerprint density at radius 3 is 3.00 bits per heavy atom. The van der Waals surface area contributed by atoms with Crippen LogP contribution < -0.4 is 15.8 Å². The first kappa shape index (κ1) is 18.0. The number of nitrogens with zero attached hydrogens (tertiary/aromatic N) is 1. The molecule has 3 N–H and O–H groups in total. The Balaban J connectivity index is 0.00000192. The summed E-state index contributed by atoms with van der Waals surface area (Å²) in [5.41, 5.74) is 7.06. The van der Waals surface area contributed by atoms with Crippen molar-refractivity contribution in [2.24, 2.45) is 11.1 Å². The van der Waals surface area contributed by atoms with E-state index in [1.54, 1.807) is 0 Å². The first-order valence-electron chi connectivity index (χ1n) is 8.03. The van der Waals surface area contributed by atoms with E-state index >= 15 is 0 Å². The van der Waals surface area contributed by atoms with Gasteiger partial charge in [-0.2, -0.15) is 0 Å². The molecule has 0 saturated carbocycles. The van der Waals surface area contributed by atoms with E-state index in [1.165, 1.54) is 0 Å². The molecule has 1 aromatic carbocycles. The van der Waals surface area contributed by atoms with E-state index in [4.69, 9.17) is 10.5 Å². The van der Waals surface area contributed by atoms with Gasteiger partial charge in [-0.15, -0.1) is 12.4 Å². The van der Waals surface area contributed by atoms with Gasteiger partial charge in [-0.1, -0.05) is 25.1 Å². The predicted molar refractivity (Wildman–Crippen MR) is 92.9 cm³/mol. The number of nitrogens with two attached hydrogens (primary N) is 1. The summed E-state index contributed by atoms with van der Waals surface area (Å²) in [6.07, 6.45) is 1.89. The Labute approximate surface area is 144 Å². The van der Waals surface area contributed by atoms with E-state index in [1.807, 2.05) is 24.3 Å². The van der Waals surface area contributed by atoms with E-state index in [2.05, 4.69) is 17.1 Å². The van der Waals surface area contributed by atoms with Crippen LogP contribution in [0.2, 0.25) is 0 Å². The van der Waals surface area contributed by atoms with E-state index in [0.29, 0.717) is 19.7 Å². The molecule has 2 unspecified atom stereocenters. The second-order valence-electron chi connectivity index (χ2n) is 6.77. The average Bonchev–Trinajstić information content (AvgIpc) is 2.89. The fraction of sp³-hybridized carbons (Fsp3) is 0.588. The first-order chi connectivity index (χ1) is 10.6. The van der Waals surface area contributed by atoms with Crippen molar-refractivity contribution in [2.45, 2.75) is 25.8 Å². The highest BCUT2D eigenvalue weighted by atomic mass is 35.5. The van der Waals surface area contributed by atoms with E-state index in [9.17, 15) is 4.79 Å². The van der Waals surface area contributed by atoms with Gasteiger partial charge in [0.05, 0.1) is 19.2 Å². The van der Waals surface area contributed by atoms with Crippen LogP contribution in [-0.2, 0) is 4.79 Å². The Bertz CT molecular complexity index is 554. The van der Waals surface area contributed by atoms with Gasteiger partial charge in [-0.3, -0.25) is 9.69 Å². The molecule has 0 aromatic heterocycles. The maximum atomic E-state index is 12.4. The van der Waals surface area contributed by atoms with Crippen molar-refractivity contribution < 1.29 is 9.53 Å². The summed E-state index contributed by atoms with van der Waals surface area (Å²) in [7, 11) is 0. The lowest BCUT2D eigenvalue weighted by Crippen LogP contribution is -2.40. The molecule has 0 bridgehead atoms. The molecule has 2 aliphatic rings. The van der Waals surface area contributed by atoms with Crippen molar-refractivity contribution in [2.75, 3.05) is 32.8 Å². The highest BCUT2D eigenvalue weighted by Crippen LogP contribution is 2.32. The zero-order valence-electron chi connectivity index (χ0n) is 13.6. The third kappa shape index (κ3) is 4.16. The number of nitrogens with one attached hydrogen (secondary N) is 1. The number of fused-ring (bicyclic) bond motifs is 1. The molecule has 128 valence electrons. The summed E-state index contributed by atoms with van der Waals surface area (Å²) in [6, 6.07) is 7.99. The zero-order chi connectivity index (χ0) is 15.6. The molecule has 2 aliphatic heterocycles. The van der Waals surface area contributed by atoms with Crippen molar-refractivity contribution in [3.8, 4) is 5.75 Å². The summed E-state index contributed by atoms with van der Waals surface area (Å²) in [5.74, 6) is 0.971. The number of para-hydroxylation sites is 1. The number of hydrogen-bond acceptors (Lipinski definition) is 4. The maximum Gasteiger partial charge on any atom is 0.234 e. The monoisotopic (exact) mass is 339 g/mol.